The van der Waals surface area contributed by atoms with E-state index in [1.54, 1.807) is 17.2 Å². The van der Waals surface area contributed by atoms with Gasteiger partial charge >= 0.3 is 12.1 Å². The molecule has 0 unspecified atom stereocenters. The molecule has 3 aromatic rings. The normalized spacial score (nSPS) is 17.9. The van der Waals surface area contributed by atoms with E-state index in [0.29, 0.717) is 48.9 Å². The molecule has 1 saturated carbocycles. The third-order valence-electron chi connectivity index (χ3n) is 7.44. The van der Waals surface area contributed by atoms with E-state index in [2.05, 4.69) is 25.1 Å². The molecule has 0 N–H and O–H groups in total. The first-order chi connectivity index (χ1) is 19.5. The van der Waals surface area contributed by atoms with Gasteiger partial charge in [-0.1, -0.05) is 0 Å². The Bertz CT molecular complexity index is 1490. The summed E-state index contributed by atoms with van der Waals surface area (Å²) in [5.41, 5.74) is 1.30. The maximum absolute atomic E-state index is 14.5. The summed E-state index contributed by atoms with van der Waals surface area (Å²) in [5, 5.41) is 8.11. The van der Waals surface area contributed by atoms with Crippen molar-refractivity contribution in [3.63, 3.8) is 0 Å². The Balaban J connectivity index is 1.26. The SMILES string of the molecule is COc1ncc(-c2cc(F)ccc2Oc2nnc(Cl)nc2N2CCC3(CN(C(=O)OC(C)(C)C)C3)C2)c(C2CC2)n1. The van der Waals surface area contributed by atoms with Gasteiger partial charge in [-0.15, -0.1) is 10.2 Å². The number of nitrogens with zero attached hydrogens (tertiary/aromatic N) is 7. The molecule has 2 saturated heterocycles. The molecule has 216 valence electrons. The van der Waals surface area contributed by atoms with Gasteiger partial charge in [0.1, 0.15) is 17.2 Å². The number of carbonyl (C=O) groups is 1. The number of hydrogen-bond donors (Lipinski definition) is 0. The Morgan fingerprint density at radius 1 is 1.12 bits per heavy atom. The second kappa shape index (κ2) is 10.2. The van der Waals surface area contributed by atoms with Crippen molar-refractivity contribution < 1.29 is 23.4 Å². The van der Waals surface area contributed by atoms with Crippen LogP contribution in [0, 0.1) is 11.2 Å². The summed E-state index contributed by atoms with van der Waals surface area (Å²) in [5.74, 6) is 0.752. The first-order valence-electron chi connectivity index (χ1n) is 13.5. The molecular formula is C28H31ClFN7O4. The molecule has 0 radical (unpaired) electrons. The Morgan fingerprint density at radius 3 is 2.61 bits per heavy atom. The highest BCUT2D eigenvalue weighted by molar-refractivity contribution is 6.28. The van der Waals surface area contributed by atoms with Crippen LogP contribution in [0.3, 0.4) is 0 Å². The fourth-order valence-electron chi connectivity index (χ4n) is 5.41. The van der Waals surface area contributed by atoms with Crippen LogP contribution in [0.15, 0.2) is 24.4 Å². The number of hydrogen-bond acceptors (Lipinski definition) is 10. The number of likely N-dealkylation sites (tertiary alicyclic amines) is 1. The minimum absolute atomic E-state index is 0.0174. The second-order valence-corrected chi connectivity index (χ2v) is 12.2. The highest BCUT2D eigenvalue weighted by Crippen LogP contribution is 2.47. The third-order valence-corrected chi connectivity index (χ3v) is 7.60. The standard InChI is InChI=1S/C28H31ClFN7O4/c1-27(2,3)41-26(38)37-14-28(15-37)9-10-36(13-28)22-23(34-35-24(29)33-22)40-20-8-7-17(30)11-18(20)19-12-31-25(39-4)32-21(19)16-5-6-16/h7-8,11-12,16H,5-6,9-10,13-15H2,1-4H3. The maximum Gasteiger partial charge on any atom is 0.410 e. The molecule has 1 spiro atoms. The van der Waals surface area contributed by atoms with Crippen molar-refractivity contribution in [1.29, 1.82) is 0 Å². The largest absolute Gasteiger partial charge is 0.467 e. The number of methoxy groups -OCH3 is 1. The first-order valence-corrected chi connectivity index (χ1v) is 13.9. The van der Waals surface area contributed by atoms with Gasteiger partial charge in [0, 0.05) is 54.8 Å². The van der Waals surface area contributed by atoms with Gasteiger partial charge in [-0.2, -0.15) is 9.97 Å². The van der Waals surface area contributed by atoms with Crippen molar-refractivity contribution in [3.05, 3.63) is 41.2 Å². The van der Waals surface area contributed by atoms with E-state index in [9.17, 15) is 9.18 Å². The van der Waals surface area contributed by atoms with Crippen LogP contribution in [0.2, 0.25) is 5.28 Å². The molecule has 0 atom stereocenters. The summed E-state index contributed by atoms with van der Waals surface area (Å²) in [7, 11) is 1.51. The predicted octanol–water partition coefficient (Wildman–Crippen LogP) is 5.25. The number of ether oxygens (including phenoxy) is 3. The second-order valence-electron chi connectivity index (χ2n) is 11.9. The van der Waals surface area contributed by atoms with E-state index in [1.165, 1.54) is 19.2 Å². The molecule has 4 heterocycles. The van der Waals surface area contributed by atoms with Gasteiger partial charge in [0.2, 0.25) is 5.28 Å². The minimum atomic E-state index is -0.548. The first kappa shape index (κ1) is 27.4. The molecule has 0 bridgehead atoms. The lowest BCUT2D eigenvalue weighted by Crippen LogP contribution is -2.60. The lowest BCUT2D eigenvalue weighted by molar-refractivity contribution is -0.0266. The zero-order valence-electron chi connectivity index (χ0n) is 23.4. The Hall–Kier alpha value is -3.80. The van der Waals surface area contributed by atoms with Crippen LogP contribution >= 0.6 is 11.6 Å². The van der Waals surface area contributed by atoms with Gasteiger partial charge in [-0.3, -0.25) is 0 Å². The quantitative estimate of drug-likeness (QED) is 0.381. The van der Waals surface area contributed by atoms with Crippen LogP contribution in [0.4, 0.5) is 15.0 Å². The number of aromatic nitrogens is 5. The number of carbonyl (C=O) groups excluding carboxylic acids is 1. The molecule has 41 heavy (non-hydrogen) atoms. The van der Waals surface area contributed by atoms with Gasteiger partial charge in [0.05, 0.1) is 12.8 Å². The summed E-state index contributed by atoms with van der Waals surface area (Å²) in [4.78, 5) is 29.5. The summed E-state index contributed by atoms with van der Waals surface area (Å²) in [6, 6.07) is 4.52. The number of rotatable bonds is 6. The smallest absolute Gasteiger partial charge is 0.410 e. The van der Waals surface area contributed by atoms with Gasteiger partial charge in [-0.25, -0.2) is 14.2 Å². The molecule has 3 fully saturated rings. The number of amides is 1. The van der Waals surface area contributed by atoms with Crippen LogP contribution in [0.5, 0.6) is 17.6 Å². The van der Waals surface area contributed by atoms with Crippen molar-refractivity contribution in [2.24, 2.45) is 5.41 Å². The molecule has 1 aromatic carbocycles. The molecule has 11 nitrogen and oxygen atoms in total. The summed E-state index contributed by atoms with van der Waals surface area (Å²) < 4.78 is 31.6. The highest BCUT2D eigenvalue weighted by atomic mass is 35.5. The molecule has 2 aromatic heterocycles. The minimum Gasteiger partial charge on any atom is -0.467 e. The molecule has 3 aliphatic rings. The Kier molecular flexibility index (Phi) is 6.83. The van der Waals surface area contributed by atoms with Gasteiger partial charge in [0.25, 0.3) is 5.88 Å². The molecule has 1 aliphatic carbocycles. The lowest BCUT2D eigenvalue weighted by atomic mass is 9.79. The summed E-state index contributed by atoms with van der Waals surface area (Å²) in [6.45, 7) is 8.03. The van der Waals surface area contributed by atoms with Crippen molar-refractivity contribution >= 4 is 23.5 Å². The fraction of sp³-hybridized carbons (Fsp3) is 0.500. The topological polar surface area (TPSA) is 116 Å². The maximum atomic E-state index is 14.5. The molecule has 13 heteroatoms. The average molecular weight is 584 g/mol. The zero-order chi connectivity index (χ0) is 28.9. The Labute approximate surface area is 242 Å². The van der Waals surface area contributed by atoms with Gasteiger partial charge < -0.3 is 24.0 Å². The van der Waals surface area contributed by atoms with E-state index in [-0.39, 0.29) is 34.6 Å². The van der Waals surface area contributed by atoms with Crippen molar-refractivity contribution in [1.82, 2.24) is 30.0 Å². The van der Waals surface area contributed by atoms with Crippen LogP contribution < -0.4 is 14.4 Å². The molecule has 6 rings (SSSR count). The lowest BCUT2D eigenvalue weighted by Gasteiger charge is -2.47. The van der Waals surface area contributed by atoms with E-state index in [1.807, 2.05) is 25.7 Å². The molecule has 2 aliphatic heterocycles. The zero-order valence-corrected chi connectivity index (χ0v) is 24.1. The van der Waals surface area contributed by atoms with Crippen LogP contribution in [-0.2, 0) is 4.74 Å². The van der Waals surface area contributed by atoms with Crippen molar-refractivity contribution in [3.8, 4) is 28.8 Å². The van der Waals surface area contributed by atoms with Gasteiger partial charge in [0.15, 0.2) is 5.82 Å². The molecular weight excluding hydrogens is 553 g/mol. The van der Waals surface area contributed by atoms with E-state index in [0.717, 1.165) is 25.0 Å². The summed E-state index contributed by atoms with van der Waals surface area (Å²) >= 11 is 6.17. The number of halogens is 2. The number of benzene rings is 1. The fourth-order valence-corrected chi connectivity index (χ4v) is 5.53. The third kappa shape index (κ3) is 5.70. The van der Waals surface area contributed by atoms with E-state index >= 15 is 0 Å². The van der Waals surface area contributed by atoms with Crippen LogP contribution in [0.25, 0.3) is 11.1 Å². The highest BCUT2D eigenvalue weighted by Gasteiger charge is 2.51. The van der Waals surface area contributed by atoms with E-state index in [4.69, 9.17) is 25.8 Å². The van der Waals surface area contributed by atoms with Crippen molar-refractivity contribution in [2.45, 2.75) is 51.6 Å². The number of anilines is 1. The average Bonchev–Trinajstić information content (AvgIpc) is 3.65. The molecule has 1 amide bonds. The Morgan fingerprint density at radius 2 is 1.90 bits per heavy atom. The monoisotopic (exact) mass is 583 g/mol. The summed E-state index contributed by atoms with van der Waals surface area (Å²) in [6.07, 6.45) is 4.14. The van der Waals surface area contributed by atoms with E-state index < -0.39 is 11.4 Å². The van der Waals surface area contributed by atoms with Crippen LogP contribution in [0.1, 0.15) is 51.6 Å². The van der Waals surface area contributed by atoms with Crippen LogP contribution in [-0.4, -0.2) is 75.0 Å². The van der Waals surface area contributed by atoms with Gasteiger partial charge in [-0.05, 0) is 69.8 Å². The predicted molar refractivity (Wildman–Crippen MR) is 148 cm³/mol. The van der Waals surface area contributed by atoms with Crippen molar-refractivity contribution in [2.75, 3.05) is 38.2 Å².